The van der Waals surface area contributed by atoms with Crippen LogP contribution in [0.5, 0.6) is 0 Å². The van der Waals surface area contributed by atoms with E-state index in [0.29, 0.717) is 0 Å². The third-order valence-corrected chi connectivity index (χ3v) is 3.09. The van der Waals surface area contributed by atoms with Crippen molar-refractivity contribution in [1.82, 2.24) is 0 Å². The SMILES string of the molecule is C[Si](C)(C)C#Cc1ccc(Br)c(F)c1F. The van der Waals surface area contributed by atoms with Gasteiger partial charge in [0.1, 0.15) is 8.07 Å². The molecule has 0 aliphatic carbocycles. The standard InChI is InChI=1S/C11H11BrF2Si/c1-15(2,3)7-6-8-4-5-9(12)11(14)10(8)13/h4-5H,1-3H3. The third kappa shape index (κ3) is 3.44. The lowest BCUT2D eigenvalue weighted by Crippen LogP contribution is -2.16. The van der Waals surface area contributed by atoms with Crippen LogP contribution < -0.4 is 0 Å². The van der Waals surface area contributed by atoms with Crippen molar-refractivity contribution in [2.24, 2.45) is 0 Å². The Bertz CT molecular complexity index is 438. The van der Waals surface area contributed by atoms with Crippen molar-refractivity contribution in [3.05, 3.63) is 33.8 Å². The first-order valence-corrected chi connectivity index (χ1v) is 8.77. The smallest absolute Gasteiger partial charge is 0.175 e. The molecule has 0 amide bonds. The molecule has 0 aliphatic heterocycles. The predicted molar refractivity (Wildman–Crippen MR) is 64.3 cm³/mol. The Morgan fingerprint density at radius 2 is 1.73 bits per heavy atom. The second kappa shape index (κ2) is 4.46. The molecule has 0 nitrogen and oxygen atoms in total. The minimum atomic E-state index is -1.56. The van der Waals surface area contributed by atoms with Crippen molar-refractivity contribution in [3.8, 4) is 11.5 Å². The quantitative estimate of drug-likeness (QED) is 0.385. The van der Waals surface area contributed by atoms with E-state index < -0.39 is 19.7 Å². The fourth-order valence-corrected chi connectivity index (χ4v) is 1.69. The molecule has 15 heavy (non-hydrogen) atoms. The van der Waals surface area contributed by atoms with Gasteiger partial charge in [-0.1, -0.05) is 25.6 Å². The van der Waals surface area contributed by atoms with E-state index in [1.54, 1.807) is 0 Å². The van der Waals surface area contributed by atoms with Crippen LogP contribution in [0, 0.1) is 23.1 Å². The van der Waals surface area contributed by atoms with Gasteiger partial charge in [-0.3, -0.25) is 0 Å². The fourth-order valence-electron chi connectivity index (χ4n) is 0.877. The van der Waals surface area contributed by atoms with Gasteiger partial charge in [0.25, 0.3) is 0 Å². The molecule has 1 aromatic rings. The molecular weight excluding hydrogens is 278 g/mol. The maximum atomic E-state index is 13.3. The van der Waals surface area contributed by atoms with Crippen LogP contribution in [0.1, 0.15) is 5.56 Å². The minimum absolute atomic E-state index is 0.123. The highest BCUT2D eigenvalue weighted by atomic mass is 79.9. The molecule has 1 rings (SSSR count). The Balaban J connectivity index is 3.17. The highest BCUT2D eigenvalue weighted by molar-refractivity contribution is 9.10. The summed E-state index contributed by atoms with van der Waals surface area (Å²) in [5.41, 5.74) is 3.12. The summed E-state index contributed by atoms with van der Waals surface area (Å²) in [7, 11) is -1.56. The molecule has 0 aromatic heterocycles. The van der Waals surface area contributed by atoms with E-state index in [1.807, 2.05) is 19.6 Å². The van der Waals surface area contributed by atoms with E-state index in [9.17, 15) is 8.78 Å². The first kappa shape index (κ1) is 12.4. The molecule has 0 fully saturated rings. The second-order valence-electron chi connectivity index (χ2n) is 4.22. The van der Waals surface area contributed by atoms with Crippen LogP contribution in [0.15, 0.2) is 16.6 Å². The van der Waals surface area contributed by atoms with E-state index >= 15 is 0 Å². The molecule has 0 heterocycles. The molecule has 0 N–H and O–H groups in total. The predicted octanol–water partition coefficient (Wildman–Crippen LogP) is 3.96. The van der Waals surface area contributed by atoms with Crippen LogP contribution in [-0.4, -0.2) is 8.07 Å². The molecular formula is C11H11BrF2Si. The van der Waals surface area contributed by atoms with Crippen LogP contribution in [0.4, 0.5) is 8.78 Å². The zero-order chi connectivity index (χ0) is 11.6. The highest BCUT2D eigenvalue weighted by Gasteiger charge is 2.11. The van der Waals surface area contributed by atoms with Crippen molar-refractivity contribution < 1.29 is 8.78 Å². The summed E-state index contributed by atoms with van der Waals surface area (Å²) in [6.45, 7) is 6.15. The normalized spacial score (nSPS) is 10.8. The number of rotatable bonds is 0. The van der Waals surface area contributed by atoms with Gasteiger partial charge >= 0.3 is 0 Å². The van der Waals surface area contributed by atoms with Gasteiger partial charge in [-0.25, -0.2) is 8.78 Å². The van der Waals surface area contributed by atoms with Gasteiger partial charge in [-0.2, -0.15) is 0 Å². The van der Waals surface area contributed by atoms with Crippen LogP contribution in [0.2, 0.25) is 19.6 Å². The summed E-state index contributed by atoms with van der Waals surface area (Å²) >= 11 is 2.92. The summed E-state index contributed by atoms with van der Waals surface area (Å²) in [4.78, 5) is 0. The van der Waals surface area contributed by atoms with Crippen LogP contribution in [-0.2, 0) is 0 Å². The molecule has 0 bridgehead atoms. The van der Waals surface area contributed by atoms with E-state index in [2.05, 4.69) is 27.4 Å². The molecule has 4 heteroatoms. The van der Waals surface area contributed by atoms with Gasteiger partial charge in [-0.05, 0) is 28.1 Å². The maximum absolute atomic E-state index is 13.3. The van der Waals surface area contributed by atoms with Crippen LogP contribution in [0.3, 0.4) is 0 Å². The molecule has 0 spiro atoms. The van der Waals surface area contributed by atoms with Gasteiger partial charge in [-0.15, -0.1) is 5.54 Å². The lowest BCUT2D eigenvalue weighted by molar-refractivity contribution is 0.502. The summed E-state index contributed by atoms with van der Waals surface area (Å²) in [6.07, 6.45) is 0. The first-order valence-electron chi connectivity index (χ1n) is 4.48. The lowest BCUT2D eigenvalue weighted by atomic mass is 10.2. The number of hydrogen-bond donors (Lipinski definition) is 0. The van der Waals surface area contributed by atoms with Crippen molar-refractivity contribution in [2.45, 2.75) is 19.6 Å². The fraction of sp³-hybridized carbons (Fsp3) is 0.273. The Hall–Kier alpha value is -0.663. The first-order chi connectivity index (χ1) is 6.81. The Morgan fingerprint density at radius 3 is 2.27 bits per heavy atom. The number of halogens is 3. The van der Waals surface area contributed by atoms with Crippen molar-refractivity contribution in [2.75, 3.05) is 0 Å². The highest BCUT2D eigenvalue weighted by Crippen LogP contribution is 2.20. The number of hydrogen-bond acceptors (Lipinski definition) is 0. The van der Waals surface area contributed by atoms with E-state index in [-0.39, 0.29) is 10.0 Å². The summed E-state index contributed by atoms with van der Waals surface area (Å²) < 4.78 is 26.6. The summed E-state index contributed by atoms with van der Waals surface area (Å²) in [5, 5.41) is 0. The summed E-state index contributed by atoms with van der Waals surface area (Å²) in [6, 6.07) is 2.95. The molecule has 0 radical (unpaired) electrons. The van der Waals surface area contributed by atoms with Gasteiger partial charge < -0.3 is 0 Å². The van der Waals surface area contributed by atoms with Crippen molar-refractivity contribution in [3.63, 3.8) is 0 Å². The minimum Gasteiger partial charge on any atom is -0.202 e. The number of benzene rings is 1. The molecule has 0 unspecified atom stereocenters. The van der Waals surface area contributed by atoms with Gasteiger partial charge in [0.05, 0.1) is 10.0 Å². The molecule has 80 valence electrons. The van der Waals surface area contributed by atoms with E-state index in [4.69, 9.17) is 0 Å². The topological polar surface area (TPSA) is 0 Å². The van der Waals surface area contributed by atoms with E-state index in [0.717, 1.165) is 0 Å². The molecule has 0 saturated carbocycles. The lowest BCUT2D eigenvalue weighted by Gasteiger charge is -2.04. The summed E-state index contributed by atoms with van der Waals surface area (Å²) in [5.74, 6) is 0.940. The third-order valence-electron chi connectivity index (χ3n) is 1.61. The monoisotopic (exact) mass is 288 g/mol. The molecule has 0 saturated heterocycles. The maximum Gasteiger partial charge on any atom is 0.175 e. The van der Waals surface area contributed by atoms with Crippen molar-refractivity contribution in [1.29, 1.82) is 0 Å². The van der Waals surface area contributed by atoms with Gasteiger partial charge in [0, 0.05) is 0 Å². The van der Waals surface area contributed by atoms with Crippen molar-refractivity contribution >= 4 is 24.0 Å². The Kier molecular flexibility index (Phi) is 3.69. The zero-order valence-corrected chi connectivity index (χ0v) is 11.4. The van der Waals surface area contributed by atoms with Crippen LogP contribution >= 0.6 is 15.9 Å². The Labute approximate surface area is 97.8 Å². The molecule has 1 aromatic carbocycles. The average Bonchev–Trinajstić information content (AvgIpc) is 2.12. The largest absolute Gasteiger partial charge is 0.202 e. The average molecular weight is 289 g/mol. The van der Waals surface area contributed by atoms with E-state index in [1.165, 1.54) is 12.1 Å². The van der Waals surface area contributed by atoms with Gasteiger partial charge in [0.15, 0.2) is 11.6 Å². The molecule has 0 aliphatic rings. The Morgan fingerprint density at radius 1 is 1.13 bits per heavy atom. The van der Waals surface area contributed by atoms with Crippen LogP contribution in [0.25, 0.3) is 0 Å². The second-order valence-corrected chi connectivity index (χ2v) is 9.83. The molecule has 0 atom stereocenters. The van der Waals surface area contributed by atoms with Gasteiger partial charge in [0.2, 0.25) is 0 Å². The zero-order valence-electron chi connectivity index (χ0n) is 8.79.